The minimum absolute atomic E-state index is 0.0469. The predicted molar refractivity (Wildman–Crippen MR) is 83.6 cm³/mol. The smallest absolute Gasteiger partial charge is 0.255 e. The van der Waals surface area contributed by atoms with E-state index in [2.05, 4.69) is 37.6 Å². The Morgan fingerprint density at radius 2 is 2.24 bits per heavy atom. The molecule has 1 amide bonds. The van der Waals surface area contributed by atoms with E-state index in [1.54, 1.807) is 18.5 Å². The van der Waals surface area contributed by atoms with Crippen molar-refractivity contribution in [3.8, 4) is 11.8 Å². The molecular weight excluding hydrogens is 262 g/mol. The number of likely N-dealkylation sites (tertiary alicyclic amines) is 1. The first-order chi connectivity index (χ1) is 9.91. The molecule has 0 saturated carbocycles. The van der Waals surface area contributed by atoms with Gasteiger partial charge >= 0.3 is 0 Å². The highest BCUT2D eigenvalue weighted by Gasteiger charge is 2.34. The number of aromatic nitrogens is 1. The number of carbonyl (C=O) groups excluding carboxylic acids is 1. The van der Waals surface area contributed by atoms with E-state index >= 15 is 0 Å². The average molecular weight is 285 g/mol. The second-order valence-corrected chi connectivity index (χ2v) is 6.57. The summed E-state index contributed by atoms with van der Waals surface area (Å²) in [7, 11) is 0. The molecule has 1 aromatic rings. The summed E-state index contributed by atoms with van der Waals surface area (Å²) >= 11 is 0. The Bertz CT molecular complexity index is 578. The fourth-order valence-electron chi connectivity index (χ4n) is 2.61. The van der Waals surface area contributed by atoms with Gasteiger partial charge < -0.3 is 10.6 Å². The van der Waals surface area contributed by atoms with Gasteiger partial charge in [0.15, 0.2) is 0 Å². The molecule has 1 aliphatic heterocycles. The van der Waals surface area contributed by atoms with Crippen LogP contribution in [-0.4, -0.2) is 35.4 Å². The standard InChI is InChI=1S/C17H23N3O/c1-17(2,3)15-6-8-20(12-15)16(21)14-9-13(5-4-7-18)10-19-11-14/h9-11,15H,6-8,12,18H2,1-3H3. The van der Waals surface area contributed by atoms with E-state index in [0.29, 0.717) is 18.0 Å². The number of rotatable bonds is 1. The number of nitrogens with zero attached hydrogens (tertiary/aromatic N) is 2. The normalized spacial score (nSPS) is 18.3. The van der Waals surface area contributed by atoms with Crippen LogP contribution in [0.5, 0.6) is 0 Å². The summed E-state index contributed by atoms with van der Waals surface area (Å²) in [5.74, 6) is 6.29. The molecule has 0 radical (unpaired) electrons. The molecule has 1 fully saturated rings. The first-order valence-electron chi connectivity index (χ1n) is 7.35. The Morgan fingerprint density at radius 3 is 2.86 bits per heavy atom. The maximum atomic E-state index is 12.6. The lowest BCUT2D eigenvalue weighted by Gasteiger charge is -2.27. The molecule has 1 unspecified atom stereocenters. The molecule has 0 aliphatic carbocycles. The third kappa shape index (κ3) is 3.83. The van der Waals surface area contributed by atoms with Crippen LogP contribution in [0.15, 0.2) is 18.5 Å². The molecule has 1 aromatic heterocycles. The zero-order valence-corrected chi connectivity index (χ0v) is 13.0. The molecule has 2 N–H and O–H groups in total. The van der Waals surface area contributed by atoms with E-state index in [9.17, 15) is 4.79 Å². The van der Waals surface area contributed by atoms with Crippen LogP contribution in [0.3, 0.4) is 0 Å². The van der Waals surface area contributed by atoms with Crippen molar-refractivity contribution < 1.29 is 4.79 Å². The van der Waals surface area contributed by atoms with Crippen molar-refractivity contribution in [2.24, 2.45) is 17.1 Å². The van der Waals surface area contributed by atoms with Crippen LogP contribution in [0.4, 0.5) is 0 Å². The Hall–Kier alpha value is -1.86. The van der Waals surface area contributed by atoms with Gasteiger partial charge in [0, 0.05) is 31.0 Å². The van der Waals surface area contributed by atoms with Gasteiger partial charge in [0.05, 0.1) is 12.1 Å². The van der Waals surface area contributed by atoms with E-state index in [-0.39, 0.29) is 11.3 Å². The maximum absolute atomic E-state index is 12.6. The third-order valence-electron chi connectivity index (χ3n) is 4.02. The third-order valence-corrected chi connectivity index (χ3v) is 4.02. The van der Waals surface area contributed by atoms with Crippen molar-refractivity contribution in [1.29, 1.82) is 0 Å². The molecule has 4 nitrogen and oxygen atoms in total. The SMILES string of the molecule is CC(C)(C)C1CCN(C(=O)c2cncc(C#CCN)c2)C1. The fraction of sp³-hybridized carbons (Fsp3) is 0.529. The van der Waals surface area contributed by atoms with Crippen molar-refractivity contribution in [3.63, 3.8) is 0 Å². The molecule has 4 heteroatoms. The van der Waals surface area contributed by atoms with E-state index in [1.165, 1.54) is 0 Å². The molecule has 0 aromatic carbocycles. The summed E-state index contributed by atoms with van der Waals surface area (Å²) in [6.45, 7) is 8.64. The lowest BCUT2D eigenvalue weighted by Crippen LogP contribution is -2.31. The molecule has 0 spiro atoms. The lowest BCUT2D eigenvalue weighted by molar-refractivity contribution is 0.0776. The van der Waals surface area contributed by atoms with Crippen LogP contribution in [0.2, 0.25) is 0 Å². The first-order valence-corrected chi connectivity index (χ1v) is 7.35. The van der Waals surface area contributed by atoms with Crippen LogP contribution >= 0.6 is 0 Å². The largest absolute Gasteiger partial charge is 0.338 e. The van der Waals surface area contributed by atoms with E-state index in [0.717, 1.165) is 25.1 Å². The fourth-order valence-corrected chi connectivity index (χ4v) is 2.61. The summed E-state index contributed by atoms with van der Waals surface area (Å²) in [4.78, 5) is 18.6. The minimum atomic E-state index is 0.0469. The molecule has 21 heavy (non-hydrogen) atoms. The highest BCUT2D eigenvalue weighted by atomic mass is 16.2. The average Bonchev–Trinajstić information content (AvgIpc) is 2.94. The summed E-state index contributed by atoms with van der Waals surface area (Å²) in [5, 5.41) is 0. The van der Waals surface area contributed by atoms with Crippen molar-refractivity contribution in [3.05, 3.63) is 29.6 Å². The van der Waals surface area contributed by atoms with Gasteiger partial charge in [-0.25, -0.2) is 0 Å². The highest BCUT2D eigenvalue weighted by Crippen LogP contribution is 2.34. The summed E-state index contributed by atoms with van der Waals surface area (Å²) < 4.78 is 0. The van der Waals surface area contributed by atoms with Crippen LogP contribution in [0, 0.1) is 23.2 Å². The zero-order valence-electron chi connectivity index (χ0n) is 13.0. The number of hydrogen-bond acceptors (Lipinski definition) is 3. The van der Waals surface area contributed by atoms with Gasteiger partial charge in [-0.15, -0.1) is 0 Å². The van der Waals surface area contributed by atoms with Gasteiger partial charge in [-0.1, -0.05) is 32.6 Å². The van der Waals surface area contributed by atoms with E-state index in [1.807, 2.05) is 4.90 Å². The zero-order chi connectivity index (χ0) is 15.5. The number of carbonyl (C=O) groups is 1. The molecule has 2 heterocycles. The highest BCUT2D eigenvalue weighted by molar-refractivity contribution is 5.94. The molecule has 1 saturated heterocycles. The topological polar surface area (TPSA) is 59.2 Å². The second-order valence-electron chi connectivity index (χ2n) is 6.57. The predicted octanol–water partition coefficient (Wildman–Crippen LogP) is 1.90. The Morgan fingerprint density at radius 1 is 1.48 bits per heavy atom. The minimum Gasteiger partial charge on any atom is -0.338 e. The van der Waals surface area contributed by atoms with E-state index < -0.39 is 0 Å². The van der Waals surface area contributed by atoms with Gasteiger partial charge in [-0.3, -0.25) is 9.78 Å². The van der Waals surface area contributed by atoms with Crippen LogP contribution in [-0.2, 0) is 0 Å². The molecule has 1 aliphatic rings. The van der Waals surface area contributed by atoms with Crippen LogP contribution in [0.25, 0.3) is 0 Å². The monoisotopic (exact) mass is 285 g/mol. The van der Waals surface area contributed by atoms with Crippen LogP contribution < -0.4 is 5.73 Å². The number of hydrogen-bond donors (Lipinski definition) is 1. The molecule has 1 atom stereocenters. The number of amides is 1. The van der Waals surface area contributed by atoms with Gasteiger partial charge in [0.25, 0.3) is 5.91 Å². The van der Waals surface area contributed by atoms with Gasteiger partial charge in [0.1, 0.15) is 0 Å². The molecular formula is C17H23N3O. The molecule has 0 bridgehead atoms. The quantitative estimate of drug-likeness (QED) is 0.802. The van der Waals surface area contributed by atoms with Crippen molar-refractivity contribution in [1.82, 2.24) is 9.88 Å². The number of nitrogens with two attached hydrogens (primary N) is 1. The molecule has 112 valence electrons. The van der Waals surface area contributed by atoms with Crippen LogP contribution in [0.1, 0.15) is 43.1 Å². The van der Waals surface area contributed by atoms with Crippen molar-refractivity contribution in [2.45, 2.75) is 27.2 Å². The van der Waals surface area contributed by atoms with Gasteiger partial charge in [-0.05, 0) is 23.8 Å². The number of pyridine rings is 1. The van der Waals surface area contributed by atoms with Crippen molar-refractivity contribution >= 4 is 5.91 Å². The molecule has 2 rings (SSSR count). The Balaban J connectivity index is 2.11. The summed E-state index contributed by atoms with van der Waals surface area (Å²) in [6.07, 6.45) is 4.33. The summed E-state index contributed by atoms with van der Waals surface area (Å²) in [5.41, 5.74) is 6.94. The lowest BCUT2D eigenvalue weighted by atomic mass is 9.80. The van der Waals surface area contributed by atoms with Crippen molar-refractivity contribution in [2.75, 3.05) is 19.6 Å². The Labute approximate surface area is 126 Å². The van der Waals surface area contributed by atoms with Gasteiger partial charge in [0.2, 0.25) is 0 Å². The van der Waals surface area contributed by atoms with Gasteiger partial charge in [-0.2, -0.15) is 0 Å². The van der Waals surface area contributed by atoms with E-state index in [4.69, 9.17) is 5.73 Å². The summed E-state index contributed by atoms with van der Waals surface area (Å²) in [6, 6.07) is 1.79. The second kappa shape index (κ2) is 6.28. The first kappa shape index (κ1) is 15.5. The Kier molecular flexibility index (Phi) is 4.64. The maximum Gasteiger partial charge on any atom is 0.255 e.